The molecular weight excluding hydrogens is 290 g/mol. The summed E-state index contributed by atoms with van der Waals surface area (Å²) in [6, 6.07) is 6.12. The number of benzene rings is 1. The Hall–Kier alpha value is -2.09. The molecule has 0 saturated heterocycles. The Morgan fingerprint density at radius 3 is 2.24 bits per heavy atom. The minimum atomic E-state index is -3.24. The van der Waals surface area contributed by atoms with Gasteiger partial charge in [-0.15, -0.1) is 0 Å². The van der Waals surface area contributed by atoms with E-state index in [9.17, 15) is 8.42 Å². The van der Waals surface area contributed by atoms with E-state index in [1.165, 1.54) is 12.1 Å². The van der Waals surface area contributed by atoms with Crippen molar-refractivity contribution in [3.8, 4) is 0 Å². The van der Waals surface area contributed by atoms with Crippen LogP contribution in [0.25, 0.3) is 0 Å². The maximum atomic E-state index is 12.1. The fraction of sp³-hybridized carbons (Fsp3) is 0.385. The summed E-state index contributed by atoms with van der Waals surface area (Å²) in [7, 11) is -3.24. The number of aliphatic imine (C=N–C) groups is 2. The van der Waals surface area contributed by atoms with Gasteiger partial charge in [0.2, 0.25) is 5.96 Å². The summed E-state index contributed by atoms with van der Waals surface area (Å²) in [6.07, 6.45) is 2.54. The van der Waals surface area contributed by atoms with Gasteiger partial charge in [0, 0.05) is 0 Å². The Balaban J connectivity index is 2.85. The summed E-state index contributed by atoms with van der Waals surface area (Å²) in [5.74, 6) is -0.125. The Morgan fingerprint density at radius 2 is 1.71 bits per heavy atom. The summed E-state index contributed by atoms with van der Waals surface area (Å²) in [5, 5.41) is 0. The molecule has 6 N–H and O–H groups in total. The first-order valence-corrected chi connectivity index (χ1v) is 8.27. The summed E-state index contributed by atoms with van der Waals surface area (Å²) in [5.41, 5.74) is 16.3. The predicted octanol–water partition coefficient (Wildman–Crippen LogP) is 0.870. The van der Waals surface area contributed by atoms with Gasteiger partial charge in [-0.2, -0.15) is 4.99 Å². The number of rotatable bonds is 6. The van der Waals surface area contributed by atoms with Crippen LogP contribution in [0.15, 0.2) is 39.1 Å². The average Bonchev–Trinajstić information content (AvgIpc) is 2.38. The van der Waals surface area contributed by atoms with Gasteiger partial charge in [0.05, 0.1) is 16.3 Å². The molecule has 21 heavy (non-hydrogen) atoms. The molecule has 0 aromatic heterocycles. The standard InChI is InChI=1S/C13H21N5O2S/c1-2-3-4-9-21(19,20)11-7-5-10(6-8-11)17-13(16)18-12(14)15/h5-8H,2-4,9H2,1H3,(H6,14,15,16,17,18). The van der Waals surface area contributed by atoms with Crippen LogP contribution in [0.3, 0.4) is 0 Å². The molecule has 7 nitrogen and oxygen atoms in total. The van der Waals surface area contributed by atoms with Crippen molar-refractivity contribution in [1.82, 2.24) is 0 Å². The van der Waals surface area contributed by atoms with Gasteiger partial charge in [-0.3, -0.25) is 0 Å². The molecular formula is C13H21N5O2S. The van der Waals surface area contributed by atoms with Gasteiger partial charge in [-0.05, 0) is 30.7 Å². The molecule has 0 aliphatic heterocycles. The maximum Gasteiger partial charge on any atom is 0.223 e. The lowest BCUT2D eigenvalue weighted by molar-refractivity contribution is 0.591. The maximum absolute atomic E-state index is 12.1. The molecule has 0 bridgehead atoms. The first kappa shape index (κ1) is 17.0. The van der Waals surface area contributed by atoms with E-state index >= 15 is 0 Å². The third-order valence-corrected chi connectivity index (χ3v) is 4.52. The summed E-state index contributed by atoms with van der Waals surface area (Å²) in [6.45, 7) is 2.03. The fourth-order valence-corrected chi connectivity index (χ4v) is 3.05. The normalized spacial score (nSPS) is 12.1. The zero-order chi connectivity index (χ0) is 15.9. The number of nitrogens with zero attached hydrogens (tertiary/aromatic N) is 2. The zero-order valence-electron chi connectivity index (χ0n) is 12.0. The topological polar surface area (TPSA) is 137 Å². The molecule has 0 spiro atoms. The Bertz CT molecular complexity index is 616. The smallest absolute Gasteiger partial charge is 0.223 e. The van der Waals surface area contributed by atoms with Gasteiger partial charge in [0.25, 0.3) is 0 Å². The van der Waals surface area contributed by atoms with Crippen LogP contribution in [0.1, 0.15) is 26.2 Å². The molecule has 8 heteroatoms. The molecule has 0 fully saturated rings. The quantitative estimate of drug-likeness (QED) is 0.406. The van der Waals surface area contributed by atoms with Gasteiger partial charge in [0.15, 0.2) is 15.8 Å². The SMILES string of the molecule is CCCCCS(=O)(=O)c1ccc(N=C(N)N=C(N)N)cc1. The van der Waals surface area contributed by atoms with Crippen molar-refractivity contribution in [2.24, 2.45) is 27.2 Å². The first-order valence-electron chi connectivity index (χ1n) is 6.62. The summed E-state index contributed by atoms with van der Waals surface area (Å²) in [4.78, 5) is 7.80. The molecule has 1 rings (SSSR count). The van der Waals surface area contributed by atoms with Crippen molar-refractivity contribution in [3.63, 3.8) is 0 Å². The minimum Gasteiger partial charge on any atom is -0.370 e. The van der Waals surface area contributed by atoms with Crippen LogP contribution in [0.4, 0.5) is 5.69 Å². The third kappa shape index (κ3) is 5.82. The van der Waals surface area contributed by atoms with Gasteiger partial charge in [-0.1, -0.05) is 19.8 Å². The highest BCUT2D eigenvalue weighted by molar-refractivity contribution is 7.91. The minimum absolute atomic E-state index is 0.0893. The van der Waals surface area contributed by atoms with Crippen LogP contribution in [-0.4, -0.2) is 26.1 Å². The van der Waals surface area contributed by atoms with Gasteiger partial charge in [0.1, 0.15) is 0 Å². The van der Waals surface area contributed by atoms with Crippen LogP contribution in [0.2, 0.25) is 0 Å². The second kappa shape index (κ2) is 7.63. The van der Waals surface area contributed by atoms with Crippen LogP contribution in [-0.2, 0) is 9.84 Å². The lowest BCUT2D eigenvalue weighted by Crippen LogP contribution is -2.26. The van der Waals surface area contributed by atoms with Crippen molar-refractivity contribution in [2.75, 3.05) is 5.75 Å². The Kier molecular flexibility index (Phi) is 6.16. The molecule has 116 valence electrons. The number of nitrogens with two attached hydrogens (primary N) is 3. The highest BCUT2D eigenvalue weighted by Crippen LogP contribution is 2.18. The van der Waals surface area contributed by atoms with E-state index in [4.69, 9.17) is 17.2 Å². The molecule has 0 saturated carbocycles. The molecule has 0 aliphatic rings. The van der Waals surface area contributed by atoms with E-state index in [2.05, 4.69) is 9.98 Å². The molecule has 0 atom stereocenters. The van der Waals surface area contributed by atoms with Crippen LogP contribution < -0.4 is 17.2 Å². The van der Waals surface area contributed by atoms with Crippen LogP contribution >= 0.6 is 0 Å². The van der Waals surface area contributed by atoms with E-state index in [0.29, 0.717) is 12.1 Å². The Labute approximate surface area is 124 Å². The van der Waals surface area contributed by atoms with Crippen LogP contribution in [0, 0.1) is 0 Å². The highest BCUT2D eigenvalue weighted by Gasteiger charge is 2.13. The van der Waals surface area contributed by atoms with E-state index in [1.54, 1.807) is 12.1 Å². The molecule has 0 heterocycles. The first-order chi connectivity index (χ1) is 9.85. The van der Waals surface area contributed by atoms with Crippen molar-refractivity contribution >= 4 is 27.4 Å². The highest BCUT2D eigenvalue weighted by atomic mass is 32.2. The molecule has 0 radical (unpaired) electrons. The number of unbranched alkanes of at least 4 members (excludes halogenated alkanes) is 2. The van der Waals surface area contributed by atoms with Crippen molar-refractivity contribution < 1.29 is 8.42 Å². The van der Waals surface area contributed by atoms with Crippen molar-refractivity contribution in [3.05, 3.63) is 24.3 Å². The summed E-state index contributed by atoms with van der Waals surface area (Å²) >= 11 is 0. The predicted molar refractivity (Wildman–Crippen MR) is 85.1 cm³/mol. The second-order valence-electron chi connectivity index (χ2n) is 4.53. The van der Waals surface area contributed by atoms with E-state index in [-0.39, 0.29) is 22.6 Å². The Morgan fingerprint density at radius 1 is 1.10 bits per heavy atom. The summed E-state index contributed by atoms with van der Waals surface area (Å²) < 4.78 is 24.1. The van der Waals surface area contributed by atoms with Gasteiger partial charge >= 0.3 is 0 Å². The molecule has 0 amide bonds. The molecule has 0 unspecified atom stereocenters. The molecule has 1 aromatic rings. The fourth-order valence-electron chi connectivity index (χ4n) is 1.68. The zero-order valence-corrected chi connectivity index (χ0v) is 12.8. The van der Waals surface area contributed by atoms with Gasteiger partial charge < -0.3 is 17.2 Å². The number of sulfone groups is 1. The van der Waals surface area contributed by atoms with Crippen molar-refractivity contribution in [1.29, 1.82) is 0 Å². The number of guanidine groups is 2. The monoisotopic (exact) mass is 311 g/mol. The lowest BCUT2D eigenvalue weighted by atomic mass is 10.3. The van der Waals surface area contributed by atoms with E-state index in [1.807, 2.05) is 6.92 Å². The third-order valence-electron chi connectivity index (χ3n) is 2.70. The molecule has 1 aromatic carbocycles. The van der Waals surface area contributed by atoms with Crippen molar-refractivity contribution in [2.45, 2.75) is 31.1 Å². The second-order valence-corrected chi connectivity index (χ2v) is 6.64. The lowest BCUT2D eigenvalue weighted by Gasteiger charge is -2.04. The van der Waals surface area contributed by atoms with Gasteiger partial charge in [-0.25, -0.2) is 13.4 Å². The largest absolute Gasteiger partial charge is 0.370 e. The van der Waals surface area contributed by atoms with Crippen LogP contribution in [0.5, 0.6) is 0 Å². The number of hydrogen-bond acceptors (Lipinski definition) is 3. The van der Waals surface area contributed by atoms with E-state index < -0.39 is 9.84 Å². The molecule has 0 aliphatic carbocycles. The van der Waals surface area contributed by atoms with E-state index in [0.717, 1.165) is 12.8 Å². The number of hydrogen-bond donors (Lipinski definition) is 3. The average molecular weight is 311 g/mol.